The maximum absolute atomic E-state index is 12.6. The zero-order valence-corrected chi connectivity index (χ0v) is 18.2. The van der Waals surface area contributed by atoms with E-state index in [1.807, 2.05) is 23.1 Å². The molecule has 1 aromatic heterocycles. The number of hydrogen-bond acceptors (Lipinski definition) is 5. The van der Waals surface area contributed by atoms with E-state index in [1.165, 1.54) is 0 Å². The summed E-state index contributed by atoms with van der Waals surface area (Å²) in [6.07, 6.45) is 1.60. The molecule has 3 heterocycles. The van der Waals surface area contributed by atoms with Gasteiger partial charge in [-0.1, -0.05) is 30.3 Å². The van der Waals surface area contributed by atoms with E-state index < -0.39 is 0 Å². The second kappa shape index (κ2) is 10.0. The highest BCUT2D eigenvalue weighted by atomic mass is 32.1. The Kier molecular flexibility index (Phi) is 6.96. The van der Waals surface area contributed by atoms with Crippen LogP contribution < -0.4 is 5.32 Å². The fourth-order valence-corrected chi connectivity index (χ4v) is 4.53. The lowest BCUT2D eigenvalue weighted by Gasteiger charge is -2.37. The molecule has 1 aromatic carbocycles. The Labute approximate surface area is 181 Å². The number of thiazole rings is 1. The van der Waals surface area contributed by atoms with Crippen molar-refractivity contribution in [2.45, 2.75) is 32.4 Å². The van der Waals surface area contributed by atoms with Gasteiger partial charge in [0.2, 0.25) is 0 Å². The molecule has 2 fully saturated rings. The van der Waals surface area contributed by atoms with Gasteiger partial charge < -0.3 is 19.9 Å². The number of benzene rings is 1. The largest absolute Gasteiger partial charge is 0.368 e. The van der Waals surface area contributed by atoms with E-state index in [0.717, 1.165) is 54.7 Å². The van der Waals surface area contributed by atoms with Crippen LogP contribution in [0.25, 0.3) is 11.3 Å². The lowest BCUT2D eigenvalue weighted by molar-refractivity contribution is -0.142. The lowest BCUT2D eigenvalue weighted by atomic mass is 10.2. The molecule has 30 heavy (non-hydrogen) atoms. The smallest absolute Gasteiger partial charge is 0.251 e. The highest BCUT2D eigenvalue weighted by Crippen LogP contribution is 2.22. The molecule has 1 N–H and O–H groups in total. The van der Waals surface area contributed by atoms with Crippen molar-refractivity contribution in [3.05, 3.63) is 40.7 Å². The summed E-state index contributed by atoms with van der Waals surface area (Å²) < 4.78 is 5.56. The molecule has 1 atom stereocenters. The molecule has 8 heteroatoms. The van der Waals surface area contributed by atoms with Gasteiger partial charge in [-0.2, -0.15) is 0 Å². The predicted octanol–water partition coefficient (Wildman–Crippen LogP) is 2.60. The van der Waals surface area contributed by atoms with Crippen LogP contribution in [0.2, 0.25) is 0 Å². The first-order valence-electron chi connectivity index (χ1n) is 10.7. The summed E-state index contributed by atoms with van der Waals surface area (Å²) in [5.41, 5.74) is 2.12. The van der Waals surface area contributed by atoms with Crippen LogP contribution in [-0.4, -0.2) is 72.1 Å². The van der Waals surface area contributed by atoms with Crippen LogP contribution in [0.1, 0.15) is 24.8 Å². The molecule has 1 amide bonds. The molecular weight excluding hydrogens is 398 g/mol. The van der Waals surface area contributed by atoms with Gasteiger partial charge in [0.05, 0.1) is 12.2 Å². The Morgan fingerprint density at radius 1 is 1.23 bits per heavy atom. The van der Waals surface area contributed by atoms with Crippen molar-refractivity contribution in [3.8, 4) is 11.3 Å². The van der Waals surface area contributed by atoms with Gasteiger partial charge in [0.25, 0.3) is 5.91 Å². The van der Waals surface area contributed by atoms with Crippen LogP contribution in [0.15, 0.2) is 40.7 Å². The molecule has 7 nitrogen and oxygen atoms in total. The SMILES string of the molecule is CCNC(=NCc1nc(-c2ccccc2)cs1)N1CCN(C(=O)C2CCCO2)CC1. The van der Waals surface area contributed by atoms with Crippen LogP contribution in [0.5, 0.6) is 0 Å². The van der Waals surface area contributed by atoms with Gasteiger partial charge >= 0.3 is 0 Å². The molecule has 4 rings (SSSR count). The van der Waals surface area contributed by atoms with Crippen molar-refractivity contribution < 1.29 is 9.53 Å². The highest BCUT2D eigenvalue weighted by Gasteiger charge is 2.30. The highest BCUT2D eigenvalue weighted by molar-refractivity contribution is 7.09. The standard InChI is InChI=1S/C22H29N5O2S/c1-2-23-22(24-15-20-25-18(16-30-20)17-7-4-3-5-8-17)27-12-10-26(11-13-27)21(28)19-9-6-14-29-19/h3-5,7-8,16,19H,2,6,9-15H2,1H3,(H,23,24). The minimum absolute atomic E-state index is 0.144. The number of aliphatic imine (C=N–C) groups is 1. The topological polar surface area (TPSA) is 70.1 Å². The summed E-state index contributed by atoms with van der Waals surface area (Å²) in [7, 11) is 0. The van der Waals surface area contributed by atoms with Gasteiger partial charge in [-0.3, -0.25) is 4.79 Å². The van der Waals surface area contributed by atoms with E-state index in [9.17, 15) is 4.79 Å². The van der Waals surface area contributed by atoms with Gasteiger partial charge in [0, 0.05) is 50.3 Å². The zero-order valence-electron chi connectivity index (χ0n) is 17.4. The van der Waals surface area contributed by atoms with E-state index in [-0.39, 0.29) is 12.0 Å². The van der Waals surface area contributed by atoms with Gasteiger partial charge in [-0.25, -0.2) is 9.98 Å². The molecule has 2 aliphatic rings. The molecule has 160 valence electrons. The van der Waals surface area contributed by atoms with Crippen LogP contribution in [0.4, 0.5) is 0 Å². The molecular formula is C22H29N5O2S. The van der Waals surface area contributed by atoms with Crippen LogP contribution >= 0.6 is 11.3 Å². The number of amides is 1. The third-order valence-electron chi connectivity index (χ3n) is 5.42. The number of guanidine groups is 1. The van der Waals surface area contributed by atoms with Crippen LogP contribution in [0.3, 0.4) is 0 Å². The number of rotatable bonds is 5. The number of nitrogens with zero attached hydrogens (tertiary/aromatic N) is 4. The van der Waals surface area contributed by atoms with Crippen molar-refractivity contribution >= 4 is 23.2 Å². The summed E-state index contributed by atoms with van der Waals surface area (Å²) in [4.78, 5) is 26.3. The Hall–Kier alpha value is -2.45. The molecule has 2 aromatic rings. The van der Waals surface area contributed by atoms with E-state index in [1.54, 1.807) is 11.3 Å². The fourth-order valence-electron chi connectivity index (χ4n) is 3.81. The van der Waals surface area contributed by atoms with E-state index in [0.29, 0.717) is 26.2 Å². The van der Waals surface area contributed by atoms with Gasteiger partial charge in [0.1, 0.15) is 11.1 Å². The van der Waals surface area contributed by atoms with Gasteiger partial charge in [-0.15, -0.1) is 11.3 Å². The number of carbonyl (C=O) groups is 1. The second-order valence-corrected chi connectivity index (χ2v) is 8.42. The average Bonchev–Trinajstić information content (AvgIpc) is 3.49. The second-order valence-electron chi connectivity index (χ2n) is 7.48. The summed E-state index contributed by atoms with van der Waals surface area (Å²) in [6.45, 7) is 7.10. The lowest BCUT2D eigenvalue weighted by Crippen LogP contribution is -2.55. The Morgan fingerprint density at radius 2 is 2.00 bits per heavy atom. The van der Waals surface area contributed by atoms with Gasteiger partial charge in [0.15, 0.2) is 5.96 Å². The Bertz CT molecular complexity index is 855. The molecule has 2 saturated heterocycles. The maximum Gasteiger partial charge on any atom is 0.251 e. The number of nitrogens with one attached hydrogen (secondary N) is 1. The van der Waals surface area contributed by atoms with Gasteiger partial charge in [-0.05, 0) is 19.8 Å². The minimum atomic E-state index is -0.234. The van der Waals surface area contributed by atoms with Crippen molar-refractivity contribution in [2.75, 3.05) is 39.3 Å². The summed E-state index contributed by atoms with van der Waals surface area (Å²) in [6, 6.07) is 10.2. The Balaban J connectivity index is 1.35. The van der Waals surface area contributed by atoms with Crippen molar-refractivity contribution in [1.29, 1.82) is 0 Å². The fraction of sp³-hybridized carbons (Fsp3) is 0.500. The number of piperazine rings is 1. The number of carbonyl (C=O) groups excluding carboxylic acids is 1. The number of hydrogen-bond donors (Lipinski definition) is 1. The number of aromatic nitrogens is 1. The normalized spacial score (nSPS) is 19.9. The molecule has 0 bridgehead atoms. The quantitative estimate of drug-likeness (QED) is 0.587. The molecule has 1 unspecified atom stereocenters. The third kappa shape index (κ3) is 4.99. The van der Waals surface area contributed by atoms with Crippen molar-refractivity contribution in [3.63, 3.8) is 0 Å². The van der Waals surface area contributed by atoms with Crippen LogP contribution in [-0.2, 0) is 16.1 Å². The molecule has 0 radical (unpaired) electrons. The maximum atomic E-state index is 12.6. The molecule has 0 aliphatic carbocycles. The third-order valence-corrected chi connectivity index (χ3v) is 6.25. The van der Waals surface area contributed by atoms with E-state index in [2.05, 4.69) is 34.7 Å². The first-order valence-corrected chi connectivity index (χ1v) is 11.6. The van der Waals surface area contributed by atoms with Crippen molar-refractivity contribution in [2.24, 2.45) is 4.99 Å². The first kappa shape index (κ1) is 20.8. The van der Waals surface area contributed by atoms with E-state index >= 15 is 0 Å². The number of ether oxygens (including phenoxy) is 1. The molecule has 0 spiro atoms. The predicted molar refractivity (Wildman–Crippen MR) is 119 cm³/mol. The summed E-state index contributed by atoms with van der Waals surface area (Å²) in [5, 5.41) is 6.47. The monoisotopic (exact) mass is 427 g/mol. The molecule has 2 aliphatic heterocycles. The van der Waals surface area contributed by atoms with Crippen LogP contribution in [0, 0.1) is 0 Å². The summed E-state index contributed by atoms with van der Waals surface area (Å²) in [5.74, 6) is 1.03. The molecule has 0 saturated carbocycles. The van der Waals surface area contributed by atoms with Crippen molar-refractivity contribution in [1.82, 2.24) is 20.1 Å². The summed E-state index contributed by atoms with van der Waals surface area (Å²) >= 11 is 1.64. The average molecular weight is 428 g/mol. The van der Waals surface area contributed by atoms with E-state index in [4.69, 9.17) is 14.7 Å². The Morgan fingerprint density at radius 3 is 2.70 bits per heavy atom. The zero-order chi connectivity index (χ0) is 20.8. The first-order chi connectivity index (χ1) is 14.7. The minimum Gasteiger partial charge on any atom is -0.368 e.